The summed E-state index contributed by atoms with van der Waals surface area (Å²) in [6, 6.07) is 7.38. The van der Waals surface area contributed by atoms with Crippen LogP contribution in [0.5, 0.6) is 0 Å². The van der Waals surface area contributed by atoms with Crippen molar-refractivity contribution in [2.75, 3.05) is 26.7 Å². The van der Waals surface area contributed by atoms with Crippen molar-refractivity contribution in [3.8, 4) is 0 Å². The Morgan fingerprint density at radius 2 is 2.00 bits per heavy atom. The molecule has 1 aliphatic heterocycles. The van der Waals surface area contributed by atoms with Crippen LogP contribution in [0.15, 0.2) is 24.3 Å². The lowest BCUT2D eigenvalue weighted by molar-refractivity contribution is -0.161. The molecule has 1 heterocycles. The van der Waals surface area contributed by atoms with Gasteiger partial charge in [-0.3, -0.25) is 14.5 Å². The second-order valence-electron chi connectivity index (χ2n) is 7.21. The van der Waals surface area contributed by atoms with E-state index in [0.717, 1.165) is 37.9 Å². The molecule has 2 atom stereocenters. The van der Waals surface area contributed by atoms with Gasteiger partial charge in [0.05, 0.1) is 6.54 Å². The first-order valence-corrected chi connectivity index (χ1v) is 9.85. The SMILES string of the molecule is CN[C@]1(c2ccccc2Cl)CCC[C@H](OC(=O)CN2CCCCC2)C1=O. The van der Waals surface area contributed by atoms with E-state index >= 15 is 0 Å². The lowest BCUT2D eigenvalue weighted by atomic mass is 9.74. The maximum absolute atomic E-state index is 13.2. The van der Waals surface area contributed by atoms with Crippen molar-refractivity contribution >= 4 is 23.4 Å². The number of halogens is 1. The number of rotatable bonds is 5. The number of carbonyl (C=O) groups excluding carboxylic acids is 2. The highest BCUT2D eigenvalue weighted by atomic mass is 35.5. The average molecular weight is 379 g/mol. The second kappa shape index (κ2) is 8.51. The van der Waals surface area contributed by atoms with Gasteiger partial charge in [0.2, 0.25) is 0 Å². The van der Waals surface area contributed by atoms with Gasteiger partial charge in [-0.05, 0) is 63.9 Å². The highest BCUT2D eigenvalue weighted by molar-refractivity contribution is 6.31. The van der Waals surface area contributed by atoms with Gasteiger partial charge in [-0.25, -0.2) is 0 Å². The zero-order valence-electron chi connectivity index (χ0n) is 15.3. The van der Waals surface area contributed by atoms with Crippen molar-refractivity contribution < 1.29 is 14.3 Å². The number of carbonyl (C=O) groups is 2. The minimum absolute atomic E-state index is 0.105. The van der Waals surface area contributed by atoms with E-state index in [1.807, 2.05) is 18.2 Å². The molecule has 1 saturated heterocycles. The number of esters is 1. The lowest BCUT2D eigenvalue weighted by Gasteiger charge is -2.39. The van der Waals surface area contributed by atoms with E-state index in [0.29, 0.717) is 17.9 Å². The van der Waals surface area contributed by atoms with Gasteiger partial charge in [0.15, 0.2) is 11.9 Å². The number of likely N-dealkylation sites (N-methyl/N-ethyl adjacent to an activating group) is 1. The minimum atomic E-state index is -0.896. The van der Waals surface area contributed by atoms with E-state index < -0.39 is 11.6 Å². The molecule has 3 rings (SSSR count). The summed E-state index contributed by atoms with van der Waals surface area (Å²) in [5.74, 6) is -0.414. The van der Waals surface area contributed by atoms with Crippen molar-refractivity contribution in [1.82, 2.24) is 10.2 Å². The largest absolute Gasteiger partial charge is 0.453 e. The van der Waals surface area contributed by atoms with Crippen LogP contribution >= 0.6 is 11.6 Å². The molecule has 0 aromatic heterocycles. The molecule has 142 valence electrons. The first-order chi connectivity index (χ1) is 12.6. The maximum Gasteiger partial charge on any atom is 0.320 e. The Morgan fingerprint density at radius 1 is 1.27 bits per heavy atom. The molecule has 0 bridgehead atoms. The van der Waals surface area contributed by atoms with Gasteiger partial charge in [0.1, 0.15) is 5.54 Å². The molecule has 1 aliphatic carbocycles. The molecule has 1 saturated carbocycles. The number of nitrogens with zero attached hydrogens (tertiary/aromatic N) is 1. The molecule has 1 N–H and O–H groups in total. The van der Waals surface area contributed by atoms with Crippen molar-refractivity contribution in [2.45, 2.75) is 50.2 Å². The number of Topliss-reactive ketones (excluding diaryl/α,β-unsaturated/α-hetero) is 1. The number of hydrogen-bond acceptors (Lipinski definition) is 5. The summed E-state index contributed by atoms with van der Waals surface area (Å²) in [6.07, 6.45) is 4.74. The molecule has 1 aromatic carbocycles. The Balaban J connectivity index is 1.72. The summed E-state index contributed by atoms with van der Waals surface area (Å²) in [6.45, 7) is 2.12. The molecular weight excluding hydrogens is 352 g/mol. The predicted molar refractivity (Wildman–Crippen MR) is 101 cm³/mol. The van der Waals surface area contributed by atoms with Crippen molar-refractivity contribution in [2.24, 2.45) is 0 Å². The highest BCUT2D eigenvalue weighted by Crippen LogP contribution is 2.38. The molecule has 0 amide bonds. The van der Waals surface area contributed by atoms with Crippen LogP contribution in [0.4, 0.5) is 0 Å². The third-order valence-electron chi connectivity index (χ3n) is 5.57. The molecule has 1 aromatic rings. The molecule has 6 heteroatoms. The summed E-state index contributed by atoms with van der Waals surface area (Å²) in [5.41, 5.74) is -0.141. The molecule has 5 nitrogen and oxygen atoms in total. The average Bonchev–Trinajstić information content (AvgIpc) is 2.65. The first kappa shape index (κ1) is 19.3. The number of hydrogen-bond donors (Lipinski definition) is 1. The van der Waals surface area contributed by atoms with E-state index in [-0.39, 0.29) is 18.3 Å². The third-order valence-corrected chi connectivity index (χ3v) is 5.90. The van der Waals surface area contributed by atoms with Gasteiger partial charge in [-0.2, -0.15) is 0 Å². The quantitative estimate of drug-likeness (QED) is 0.798. The van der Waals surface area contributed by atoms with Gasteiger partial charge < -0.3 is 10.1 Å². The fourth-order valence-corrected chi connectivity index (χ4v) is 4.44. The monoisotopic (exact) mass is 378 g/mol. The van der Waals surface area contributed by atoms with Crippen LogP contribution in [-0.2, 0) is 19.9 Å². The number of nitrogens with one attached hydrogen (secondary N) is 1. The smallest absolute Gasteiger partial charge is 0.320 e. The fraction of sp³-hybridized carbons (Fsp3) is 0.600. The van der Waals surface area contributed by atoms with Crippen LogP contribution in [0.2, 0.25) is 5.02 Å². The number of benzene rings is 1. The Kier molecular flexibility index (Phi) is 6.33. The predicted octanol–water partition coefficient (Wildman–Crippen LogP) is 2.91. The second-order valence-corrected chi connectivity index (χ2v) is 7.61. The molecule has 0 unspecified atom stereocenters. The molecule has 0 radical (unpaired) electrons. The summed E-state index contributed by atoms with van der Waals surface area (Å²) in [7, 11) is 1.76. The van der Waals surface area contributed by atoms with Crippen LogP contribution in [0.25, 0.3) is 0 Å². The minimum Gasteiger partial charge on any atom is -0.453 e. The van der Waals surface area contributed by atoms with Crippen molar-refractivity contribution in [3.63, 3.8) is 0 Å². The normalized spacial score (nSPS) is 27.3. The number of likely N-dealkylation sites (tertiary alicyclic amines) is 1. The van der Waals surface area contributed by atoms with E-state index in [4.69, 9.17) is 16.3 Å². The van der Waals surface area contributed by atoms with E-state index in [1.165, 1.54) is 6.42 Å². The highest BCUT2D eigenvalue weighted by Gasteiger charge is 2.47. The number of ether oxygens (including phenoxy) is 1. The Morgan fingerprint density at radius 3 is 2.69 bits per heavy atom. The summed E-state index contributed by atoms with van der Waals surface area (Å²) >= 11 is 6.37. The molecule has 2 fully saturated rings. The van der Waals surface area contributed by atoms with Gasteiger partial charge in [-0.1, -0.05) is 36.2 Å². The van der Waals surface area contributed by atoms with Crippen LogP contribution in [-0.4, -0.2) is 49.4 Å². The fourth-order valence-electron chi connectivity index (χ4n) is 4.15. The summed E-state index contributed by atoms with van der Waals surface area (Å²) < 4.78 is 5.61. The molecule has 0 spiro atoms. The van der Waals surface area contributed by atoms with E-state index in [9.17, 15) is 9.59 Å². The molecular formula is C20H27ClN2O3. The van der Waals surface area contributed by atoms with Crippen molar-refractivity contribution in [3.05, 3.63) is 34.9 Å². The standard InChI is InChI=1S/C20H27ClN2O3/c1-22-20(15-8-3-4-9-16(15)21)11-7-10-17(19(20)25)26-18(24)14-23-12-5-2-6-13-23/h3-4,8-9,17,22H,2,5-7,10-14H2,1H3/t17-,20-/m0/s1. The van der Waals surface area contributed by atoms with Gasteiger partial charge in [-0.15, -0.1) is 0 Å². The number of piperidine rings is 1. The maximum atomic E-state index is 13.2. The van der Waals surface area contributed by atoms with Crippen LogP contribution < -0.4 is 5.32 Å². The van der Waals surface area contributed by atoms with E-state index in [2.05, 4.69) is 10.2 Å². The molecule has 2 aliphatic rings. The zero-order chi connectivity index (χ0) is 18.6. The van der Waals surface area contributed by atoms with Gasteiger partial charge in [0, 0.05) is 5.02 Å². The summed E-state index contributed by atoms with van der Waals surface area (Å²) in [5, 5.41) is 3.72. The van der Waals surface area contributed by atoms with Crippen LogP contribution in [0.1, 0.15) is 44.1 Å². The van der Waals surface area contributed by atoms with Gasteiger partial charge >= 0.3 is 5.97 Å². The van der Waals surface area contributed by atoms with Gasteiger partial charge in [0.25, 0.3) is 0 Å². The van der Waals surface area contributed by atoms with Crippen molar-refractivity contribution in [1.29, 1.82) is 0 Å². The Labute approximate surface area is 160 Å². The van der Waals surface area contributed by atoms with Crippen LogP contribution in [0, 0.1) is 0 Å². The third kappa shape index (κ3) is 3.95. The van der Waals surface area contributed by atoms with Crippen LogP contribution in [0.3, 0.4) is 0 Å². The summed E-state index contributed by atoms with van der Waals surface area (Å²) in [4.78, 5) is 27.7. The van der Waals surface area contributed by atoms with E-state index in [1.54, 1.807) is 13.1 Å². The Bertz CT molecular complexity index is 660. The number of ketones is 1. The lowest BCUT2D eigenvalue weighted by Crippen LogP contribution is -2.55. The Hall–Kier alpha value is -1.43. The topological polar surface area (TPSA) is 58.6 Å². The zero-order valence-corrected chi connectivity index (χ0v) is 16.1. The first-order valence-electron chi connectivity index (χ1n) is 9.47. The molecule has 26 heavy (non-hydrogen) atoms.